The average Bonchev–Trinajstić information content (AvgIpc) is 2.39. The van der Waals surface area contributed by atoms with Crippen LogP contribution < -0.4 is 5.32 Å². The van der Waals surface area contributed by atoms with E-state index in [0.717, 1.165) is 30.7 Å². The molecule has 0 aromatic carbocycles. The van der Waals surface area contributed by atoms with Gasteiger partial charge in [0.1, 0.15) is 0 Å². The number of hydrogen-bond acceptors (Lipinski definition) is 2. The molecular weight excluding hydrogens is 222 g/mol. The molecule has 104 valence electrons. The van der Waals surface area contributed by atoms with E-state index in [-0.39, 0.29) is 6.10 Å². The van der Waals surface area contributed by atoms with Gasteiger partial charge >= 0.3 is 0 Å². The van der Waals surface area contributed by atoms with Gasteiger partial charge in [-0.25, -0.2) is 0 Å². The summed E-state index contributed by atoms with van der Waals surface area (Å²) in [4.78, 5) is 0. The highest BCUT2D eigenvalue weighted by Crippen LogP contribution is 2.40. The zero-order chi connectivity index (χ0) is 12.4. The maximum atomic E-state index is 9.76. The number of aliphatic hydroxyl groups is 1. The van der Waals surface area contributed by atoms with Crippen molar-refractivity contribution in [1.29, 1.82) is 0 Å². The van der Waals surface area contributed by atoms with Crippen LogP contribution in [0.2, 0.25) is 0 Å². The van der Waals surface area contributed by atoms with Crippen molar-refractivity contribution in [3.05, 3.63) is 0 Å². The minimum Gasteiger partial charge on any atom is -0.393 e. The van der Waals surface area contributed by atoms with Gasteiger partial charge in [-0.1, -0.05) is 25.7 Å². The van der Waals surface area contributed by atoms with Crippen LogP contribution in [0, 0.1) is 11.8 Å². The summed E-state index contributed by atoms with van der Waals surface area (Å²) in [6.07, 6.45) is 14.6. The largest absolute Gasteiger partial charge is 0.393 e. The molecule has 18 heavy (non-hydrogen) atoms. The van der Waals surface area contributed by atoms with Crippen LogP contribution in [0.4, 0.5) is 0 Å². The Bertz CT molecular complexity index is 268. The van der Waals surface area contributed by atoms with Crippen LogP contribution in [-0.2, 0) is 0 Å². The summed E-state index contributed by atoms with van der Waals surface area (Å²) in [6.45, 7) is 0. The summed E-state index contributed by atoms with van der Waals surface area (Å²) in [7, 11) is 0. The fourth-order valence-electron chi connectivity index (χ4n) is 4.67. The molecule has 0 bridgehead atoms. The number of aliphatic hydroxyl groups excluding tert-OH is 1. The molecule has 5 atom stereocenters. The molecule has 0 saturated heterocycles. The molecule has 0 aliphatic heterocycles. The highest BCUT2D eigenvalue weighted by Gasteiger charge is 2.33. The van der Waals surface area contributed by atoms with Gasteiger partial charge in [-0.2, -0.15) is 0 Å². The summed E-state index contributed by atoms with van der Waals surface area (Å²) in [5.41, 5.74) is 0. The Labute approximate surface area is 112 Å². The predicted octanol–water partition coefficient (Wildman–Crippen LogP) is 3.24. The Morgan fingerprint density at radius 2 is 1.44 bits per heavy atom. The van der Waals surface area contributed by atoms with Crippen LogP contribution in [0.5, 0.6) is 0 Å². The first-order valence-corrected chi connectivity index (χ1v) is 8.25. The Hall–Kier alpha value is -0.0800. The fraction of sp³-hybridized carbons (Fsp3) is 1.00. The van der Waals surface area contributed by atoms with E-state index in [1.54, 1.807) is 0 Å². The molecule has 3 aliphatic rings. The van der Waals surface area contributed by atoms with Crippen LogP contribution in [0.3, 0.4) is 0 Å². The van der Waals surface area contributed by atoms with Gasteiger partial charge in [0.05, 0.1) is 6.10 Å². The molecule has 2 N–H and O–H groups in total. The van der Waals surface area contributed by atoms with E-state index in [9.17, 15) is 5.11 Å². The zero-order valence-electron chi connectivity index (χ0n) is 11.6. The molecule has 5 unspecified atom stereocenters. The minimum atomic E-state index is -0.0396. The molecule has 0 radical (unpaired) electrons. The summed E-state index contributed by atoms with van der Waals surface area (Å²) in [5.74, 6) is 2.06. The summed E-state index contributed by atoms with van der Waals surface area (Å²) < 4.78 is 0. The molecular formula is C16H29NO. The Balaban J connectivity index is 1.48. The van der Waals surface area contributed by atoms with Crippen molar-refractivity contribution in [3.63, 3.8) is 0 Å². The first kappa shape index (κ1) is 12.9. The lowest BCUT2D eigenvalue weighted by Crippen LogP contribution is -2.46. The fourth-order valence-corrected chi connectivity index (χ4v) is 4.67. The Kier molecular flexibility index (Phi) is 4.25. The van der Waals surface area contributed by atoms with Crippen molar-refractivity contribution < 1.29 is 5.11 Å². The standard InChI is InChI=1S/C16H29NO/c18-16-7-3-6-14(11-16)17-15-9-8-12-4-1-2-5-13(12)10-15/h12-18H,1-11H2. The minimum absolute atomic E-state index is 0.0396. The van der Waals surface area contributed by atoms with E-state index in [1.165, 1.54) is 57.8 Å². The molecule has 0 amide bonds. The monoisotopic (exact) mass is 251 g/mol. The zero-order valence-corrected chi connectivity index (χ0v) is 11.6. The molecule has 2 heteroatoms. The average molecular weight is 251 g/mol. The third-order valence-corrected chi connectivity index (χ3v) is 5.66. The number of rotatable bonds is 2. The van der Waals surface area contributed by atoms with Crippen molar-refractivity contribution in [2.45, 2.75) is 88.8 Å². The lowest BCUT2D eigenvalue weighted by Gasteiger charge is -2.41. The Morgan fingerprint density at radius 3 is 2.28 bits per heavy atom. The summed E-state index contributed by atoms with van der Waals surface area (Å²) in [5, 5.41) is 13.6. The quantitative estimate of drug-likeness (QED) is 0.789. The van der Waals surface area contributed by atoms with Crippen LogP contribution in [0.25, 0.3) is 0 Å². The first-order chi connectivity index (χ1) is 8.81. The number of hydrogen-bond donors (Lipinski definition) is 2. The maximum Gasteiger partial charge on any atom is 0.0555 e. The number of fused-ring (bicyclic) bond motifs is 1. The highest BCUT2D eigenvalue weighted by atomic mass is 16.3. The predicted molar refractivity (Wildman–Crippen MR) is 74.5 cm³/mol. The van der Waals surface area contributed by atoms with E-state index in [2.05, 4.69) is 5.32 Å². The van der Waals surface area contributed by atoms with Crippen LogP contribution in [0.15, 0.2) is 0 Å². The van der Waals surface area contributed by atoms with Crippen molar-refractivity contribution in [2.75, 3.05) is 0 Å². The molecule has 3 rings (SSSR count). The van der Waals surface area contributed by atoms with Gasteiger partial charge in [0.2, 0.25) is 0 Å². The molecule has 3 aliphatic carbocycles. The molecule has 2 nitrogen and oxygen atoms in total. The van der Waals surface area contributed by atoms with E-state index in [4.69, 9.17) is 0 Å². The second-order valence-electron chi connectivity index (χ2n) is 7.00. The van der Waals surface area contributed by atoms with Crippen molar-refractivity contribution >= 4 is 0 Å². The van der Waals surface area contributed by atoms with Crippen LogP contribution >= 0.6 is 0 Å². The maximum absolute atomic E-state index is 9.76. The van der Waals surface area contributed by atoms with Gasteiger partial charge in [-0.3, -0.25) is 0 Å². The molecule has 3 saturated carbocycles. The van der Waals surface area contributed by atoms with Crippen LogP contribution in [-0.4, -0.2) is 23.3 Å². The van der Waals surface area contributed by atoms with E-state index >= 15 is 0 Å². The summed E-state index contributed by atoms with van der Waals surface area (Å²) >= 11 is 0. The first-order valence-electron chi connectivity index (χ1n) is 8.25. The van der Waals surface area contributed by atoms with Gasteiger partial charge in [0.15, 0.2) is 0 Å². The van der Waals surface area contributed by atoms with Crippen molar-refractivity contribution in [2.24, 2.45) is 11.8 Å². The number of nitrogens with one attached hydrogen (secondary N) is 1. The second-order valence-corrected chi connectivity index (χ2v) is 7.00. The van der Waals surface area contributed by atoms with Crippen LogP contribution in [0.1, 0.15) is 70.6 Å². The SMILES string of the molecule is OC1CCCC(NC2CCC3CCCCC3C2)C1. The molecule has 0 aromatic rings. The highest BCUT2D eigenvalue weighted by molar-refractivity contribution is 4.89. The smallest absolute Gasteiger partial charge is 0.0555 e. The van der Waals surface area contributed by atoms with Gasteiger partial charge < -0.3 is 10.4 Å². The molecule has 0 spiro atoms. The van der Waals surface area contributed by atoms with E-state index in [1.807, 2.05) is 0 Å². The third-order valence-electron chi connectivity index (χ3n) is 5.66. The van der Waals surface area contributed by atoms with Gasteiger partial charge in [-0.05, 0) is 56.8 Å². The molecule has 3 fully saturated rings. The molecule has 0 heterocycles. The lowest BCUT2D eigenvalue weighted by molar-refractivity contribution is 0.0936. The van der Waals surface area contributed by atoms with Crippen molar-refractivity contribution in [3.8, 4) is 0 Å². The molecule has 0 aromatic heterocycles. The van der Waals surface area contributed by atoms with Gasteiger partial charge in [-0.15, -0.1) is 0 Å². The summed E-state index contributed by atoms with van der Waals surface area (Å²) in [6, 6.07) is 1.35. The van der Waals surface area contributed by atoms with Gasteiger partial charge in [0.25, 0.3) is 0 Å². The van der Waals surface area contributed by atoms with E-state index in [0.29, 0.717) is 6.04 Å². The second kappa shape index (κ2) is 5.92. The Morgan fingerprint density at radius 1 is 0.667 bits per heavy atom. The topological polar surface area (TPSA) is 32.3 Å². The normalized spacial score (nSPS) is 45.5. The van der Waals surface area contributed by atoms with Gasteiger partial charge in [0, 0.05) is 12.1 Å². The third kappa shape index (κ3) is 3.08. The lowest BCUT2D eigenvalue weighted by atomic mass is 9.69. The van der Waals surface area contributed by atoms with E-state index < -0.39 is 0 Å². The van der Waals surface area contributed by atoms with Crippen molar-refractivity contribution in [1.82, 2.24) is 5.32 Å².